The Morgan fingerprint density at radius 3 is 2.03 bits per heavy atom. The summed E-state index contributed by atoms with van der Waals surface area (Å²) < 4.78 is 0. The molecule has 6 rings (SSSR count). The Morgan fingerprint density at radius 2 is 1.38 bits per heavy atom. The van der Waals surface area contributed by atoms with Gasteiger partial charge in [0.15, 0.2) is 0 Å². The number of hydrogen-bond acceptors (Lipinski definition) is 0. The highest BCUT2D eigenvalue weighted by molar-refractivity contribution is 9.09. The van der Waals surface area contributed by atoms with Crippen molar-refractivity contribution in [3.63, 3.8) is 0 Å². The molecule has 0 radical (unpaired) electrons. The quantitative estimate of drug-likeness (QED) is 0.281. The van der Waals surface area contributed by atoms with Gasteiger partial charge >= 0.3 is 0 Å². The molecule has 3 fully saturated rings. The van der Waals surface area contributed by atoms with Crippen LogP contribution in [-0.2, 0) is 0 Å². The molecule has 170 valence electrons. The van der Waals surface area contributed by atoms with Crippen molar-refractivity contribution >= 4 is 24.0 Å². The maximum atomic E-state index is 4.01. The van der Waals surface area contributed by atoms with Crippen molar-refractivity contribution in [1.29, 1.82) is 0 Å². The highest BCUT2D eigenvalue weighted by atomic mass is 79.9. The predicted octanol–water partition coefficient (Wildman–Crippen LogP) is 8.91. The van der Waals surface area contributed by atoms with Gasteiger partial charge in [-0.15, -0.1) is 0 Å². The summed E-state index contributed by atoms with van der Waals surface area (Å²) in [6.45, 7) is 10.8. The Labute approximate surface area is 204 Å². The van der Waals surface area contributed by atoms with Crippen molar-refractivity contribution in [3.05, 3.63) is 59.7 Å². The Bertz CT molecular complexity index is 964. The molecule has 4 aliphatic rings. The molecule has 0 bridgehead atoms. The number of fused-ring (bicyclic) bond motifs is 5. The van der Waals surface area contributed by atoms with Crippen molar-refractivity contribution in [3.8, 4) is 11.1 Å². The second-order valence-corrected chi connectivity index (χ2v) is 18.6. The smallest absolute Gasteiger partial charge is 0.0640 e. The van der Waals surface area contributed by atoms with Gasteiger partial charge in [-0.3, -0.25) is 0 Å². The zero-order chi connectivity index (χ0) is 22.2. The third-order valence-corrected chi connectivity index (χ3v) is 16.3. The third kappa shape index (κ3) is 3.11. The van der Waals surface area contributed by atoms with E-state index in [1.807, 2.05) is 0 Å². The van der Waals surface area contributed by atoms with Gasteiger partial charge in [-0.05, 0) is 95.4 Å². The molecule has 0 aromatic heterocycles. The Balaban J connectivity index is 1.40. The average molecular weight is 508 g/mol. The number of rotatable bonds is 2. The monoisotopic (exact) mass is 506 g/mol. The Morgan fingerprint density at radius 1 is 0.750 bits per heavy atom. The number of halogens is 1. The molecule has 4 aliphatic carbocycles. The van der Waals surface area contributed by atoms with E-state index in [4.69, 9.17) is 0 Å². The zero-order valence-electron chi connectivity index (χ0n) is 20.2. The molecule has 32 heavy (non-hydrogen) atoms. The van der Waals surface area contributed by atoms with Crippen molar-refractivity contribution in [1.82, 2.24) is 0 Å². The summed E-state index contributed by atoms with van der Waals surface area (Å²) >= 11 is 4.01. The molecule has 0 saturated heterocycles. The molecule has 0 aliphatic heterocycles. The van der Waals surface area contributed by atoms with Gasteiger partial charge in [0.1, 0.15) is 0 Å². The summed E-state index contributed by atoms with van der Waals surface area (Å²) in [5.41, 5.74) is 7.91. The third-order valence-electron chi connectivity index (χ3n) is 10.6. The van der Waals surface area contributed by atoms with Crippen LogP contribution in [0.15, 0.2) is 48.5 Å². The second-order valence-electron chi connectivity index (χ2n) is 12.4. The fourth-order valence-corrected chi connectivity index (χ4v) is 16.0. The van der Waals surface area contributed by atoms with Crippen molar-refractivity contribution in [2.45, 2.75) is 75.0 Å². The van der Waals surface area contributed by atoms with Crippen LogP contribution in [0.4, 0.5) is 0 Å². The van der Waals surface area contributed by atoms with Crippen LogP contribution in [0.25, 0.3) is 11.1 Å². The molecule has 0 N–H and O–H groups in total. The van der Waals surface area contributed by atoms with E-state index < -0.39 is 8.07 Å². The van der Waals surface area contributed by atoms with Crippen LogP contribution < -0.4 is 0 Å². The van der Waals surface area contributed by atoms with Gasteiger partial charge in [0.05, 0.1) is 8.07 Å². The maximum absolute atomic E-state index is 4.01. The number of benzene rings is 2. The van der Waals surface area contributed by atoms with Gasteiger partial charge in [-0.2, -0.15) is 0 Å². The minimum Gasteiger partial charge on any atom is -0.0891 e. The topological polar surface area (TPSA) is 0 Å². The van der Waals surface area contributed by atoms with E-state index in [1.165, 1.54) is 43.2 Å². The molecule has 0 spiro atoms. The summed E-state index contributed by atoms with van der Waals surface area (Å²) in [5.74, 6) is 5.70. The molecule has 8 atom stereocenters. The van der Waals surface area contributed by atoms with Crippen LogP contribution in [0.5, 0.6) is 0 Å². The molecule has 2 heteroatoms. The van der Waals surface area contributed by atoms with Crippen molar-refractivity contribution < 1.29 is 0 Å². The van der Waals surface area contributed by atoms with Crippen LogP contribution in [0.3, 0.4) is 0 Å². The molecular weight excluding hydrogens is 468 g/mol. The van der Waals surface area contributed by atoms with E-state index in [9.17, 15) is 0 Å². The van der Waals surface area contributed by atoms with Gasteiger partial charge in [0.25, 0.3) is 0 Å². The molecule has 0 heterocycles. The van der Waals surface area contributed by atoms with Crippen LogP contribution >= 0.6 is 15.9 Å². The fraction of sp³-hybridized carbons (Fsp3) is 0.600. The lowest BCUT2D eigenvalue weighted by Crippen LogP contribution is -2.47. The standard InChI is InChI=1S/C30H39BrSi/c1-18-15-27-19(2)22-14-13-21(31)16-20(22)17-28(27)29(18)32(3,4)30-25-11-7-5-9-23(25)24-10-6-8-12-26(24)30/h5-12,18-22,27-30H,13-17H2,1-4H3. The molecule has 2 aromatic carbocycles. The van der Waals surface area contributed by atoms with Gasteiger partial charge < -0.3 is 0 Å². The first kappa shape index (κ1) is 21.7. The fourth-order valence-electron chi connectivity index (χ4n) is 9.66. The summed E-state index contributed by atoms with van der Waals surface area (Å²) in [4.78, 5) is 0.767. The van der Waals surface area contributed by atoms with E-state index >= 15 is 0 Å². The Kier molecular flexibility index (Phi) is 5.30. The van der Waals surface area contributed by atoms with E-state index in [2.05, 4.69) is 91.4 Å². The average Bonchev–Trinajstić information content (AvgIpc) is 3.29. The van der Waals surface area contributed by atoms with E-state index in [0.29, 0.717) is 5.54 Å². The summed E-state index contributed by atoms with van der Waals surface area (Å²) in [5, 5.41) is 0. The molecule has 2 aromatic rings. The largest absolute Gasteiger partial charge is 0.0891 e. The zero-order valence-corrected chi connectivity index (χ0v) is 22.8. The van der Waals surface area contributed by atoms with Crippen LogP contribution in [0.1, 0.15) is 62.6 Å². The van der Waals surface area contributed by atoms with Crippen LogP contribution in [0.2, 0.25) is 18.6 Å². The lowest BCUT2D eigenvalue weighted by Gasteiger charge is -2.51. The maximum Gasteiger partial charge on any atom is 0.0640 e. The van der Waals surface area contributed by atoms with Crippen LogP contribution in [0, 0.1) is 35.5 Å². The molecule has 0 amide bonds. The summed E-state index contributed by atoms with van der Waals surface area (Å²) in [6.07, 6.45) is 7.30. The first-order chi connectivity index (χ1) is 15.4. The minimum atomic E-state index is -1.63. The van der Waals surface area contributed by atoms with Gasteiger partial charge in [-0.25, -0.2) is 0 Å². The molecule has 3 saturated carbocycles. The lowest BCUT2D eigenvalue weighted by molar-refractivity contribution is 0.0368. The highest BCUT2D eigenvalue weighted by Gasteiger charge is 2.58. The lowest BCUT2D eigenvalue weighted by atomic mass is 9.59. The van der Waals surface area contributed by atoms with Gasteiger partial charge in [-0.1, -0.05) is 91.4 Å². The molecule has 8 unspecified atom stereocenters. The summed E-state index contributed by atoms with van der Waals surface area (Å²) in [6, 6.07) is 18.7. The highest BCUT2D eigenvalue weighted by Crippen LogP contribution is 2.65. The molecule has 0 nitrogen and oxygen atoms in total. The second kappa shape index (κ2) is 7.84. The van der Waals surface area contributed by atoms with Crippen molar-refractivity contribution in [2.24, 2.45) is 35.5 Å². The SMILES string of the molecule is CC1CC2C(C)C3CCC(Br)CC3CC2C1[Si](C)(C)C1c2ccccc2-c2ccccc21. The first-order valence-electron chi connectivity index (χ1n) is 13.2. The van der Waals surface area contributed by atoms with E-state index in [-0.39, 0.29) is 0 Å². The van der Waals surface area contributed by atoms with Crippen molar-refractivity contribution in [2.75, 3.05) is 0 Å². The predicted molar refractivity (Wildman–Crippen MR) is 143 cm³/mol. The minimum absolute atomic E-state index is 0.657. The first-order valence-corrected chi connectivity index (χ1v) is 17.3. The van der Waals surface area contributed by atoms with E-state index in [1.54, 1.807) is 11.1 Å². The number of alkyl halides is 1. The van der Waals surface area contributed by atoms with E-state index in [0.717, 1.165) is 45.9 Å². The normalized spacial score (nSPS) is 38.7. The van der Waals surface area contributed by atoms with Crippen LogP contribution in [-0.4, -0.2) is 12.9 Å². The summed E-state index contributed by atoms with van der Waals surface area (Å²) in [7, 11) is -1.63. The number of hydrogen-bond donors (Lipinski definition) is 0. The molecular formula is C30H39BrSi. The van der Waals surface area contributed by atoms with Gasteiger partial charge in [0.2, 0.25) is 0 Å². The Hall–Kier alpha value is -0.863. The van der Waals surface area contributed by atoms with Gasteiger partial charge in [0, 0.05) is 10.4 Å².